The van der Waals surface area contributed by atoms with E-state index in [4.69, 9.17) is 16.6 Å². The molecule has 1 fully saturated rings. The Labute approximate surface area is 160 Å². The first-order chi connectivity index (χ1) is 12.7. The molecule has 0 unspecified atom stereocenters. The van der Waals surface area contributed by atoms with Gasteiger partial charge in [-0.1, -0.05) is 61.0 Å². The summed E-state index contributed by atoms with van der Waals surface area (Å²) in [6.45, 7) is 7.26. The summed E-state index contributed by atoms with van der Waals surface area (Å²) in [6, 6.07) is 16.7. The Balaban J connectivity index is 1.68. The summed E-state index contributed by atoms with van der Waals surface area (Å²) in [5, 5.41) is 1.72. The summed E-state index contributed by atoms with van der Waals surface area (Å²) in [7, 11) is 0. The van der Waals surface area contributed by atoms with Gasteiger partial charge in [0.1, 0.15) is 0 Å². The number of rotatable bonds is 4. The van der Waals surface area contributed by atoms with Gasteiger partial charge < -0.3 is 0 Å². The maximum Gasteiger partial charge on any atom is 0.0730 e. The Morgan fingerprint density at radius 3 is 2.69 bits per heavy atom. The van der Waals surface area contributed by atoms with E-state index in [1.165, 1.54) is 37.9 Å². The summed E-state index contributed by atoms with van der Waals surface area (Å²) in [6.07, 6.45) is 5.82. The number of halogens is 1. The van der Waals surface area contributed by atoms with Crippen LogP contribution in [0.5, 0.6) is 0 Å². The molecule has 0 N–H and O–H groups in total. The number of pyridine rings is 1. The molecule has 2 nitrogen and oxygen atoms in total. The van der Waals surface area contributed by atoms with E-state index in [0.717, 1.165) is 39.3 Å². The van der Waals surface area contributed by atoms with Gasteiger partial charge in [-0.15, -0.1) is 0 Å². The Morgan fingerprint density at radius 1 is 1.04 bits per heavy atom. The Bertz CT molecular complexity index is 942. The molecular formula is C23H23ClN2. The van der Waals surface area contributed by atoms with Gasteiger partial charge in [0.15, 0.2) is 0 Å². The normalized spacial score (nSPS) is 15.3. The van der Waals surface area contributed by atoms with Crippen LogP contribution in [-0.2, 0) is 6.54 Å². The lowest BCUT2D eigenvalue weighted by Gasteiger charge is -2.26. The molecule has 3 aromatic rings. The first-order valence-electron chi connectivity index (χ1n) is 9.27. The van der Waals surface area contributed by atoms with Crippen LogP contribution in [0.15, 0.2) is 55.1 Å². The molecule has 1 aromatic heterocycles. The minimum absolute atomic E-state index is 0.738. The zero-order chi connectivity index (χ0) is 17.9. The third kappa shape index (κ3) is 3.67. The Hall–Kier alpha value is -2.16. The van der Waals surface area contributed by atoms with E-state index in [0.29, 0.717) is 0 Å². The molecule has 1 saturated heterocycles. The fourth-order valence-electron chi connectivity index (χ4n) is 3.68. The van der Waals surface area contributed by atoms with Gasteiger partial charge in [0.2, 0.25) is 0 Å². The second kappa shape index (κ2) is 7.61. The zero-order valence-corrected chi connectivity index (χ0v) is 15.7. The van der Waals surface area contributed by atoms with Crippen molar-refractivity contribution in [2.24, 2.45) is 0 Å². The molecule has 0 atom stereocenters. The molecule has 132 valence electrons. The summed E-state index contributed by atoms with van der Waals surface area (Å²) in [5.74, 6) is 0. The van der Waals surface area contributed by atoms with Crippen LogP contribution >= 0.6 is 11.6 Å². The van der Waals surface area contributed by atoms with Crippen molar-refractivity contribution in [2.75, 3.05) is 13.1 Å². The Morgan fingerprint density at radius 2 is 1.88 bits per heavy atom. The van der Waals surface area contributed by atoms with Gasteiger partial charge in [0, 0.05) is 17.5 Å². The van der Waals surface area contributed by atoms with E-state index in [9.17, 15) is 0 Å². The van der Waals surface area contributed by atoms with Crippen molar-refractivity contribution >= 4 is 28.6 Å². The van der Waals surface area contributed by atoms with Gasteiger partial charge in [0.05, 0.1) is 16.2 Å². The highest BCUT2D eigenvalue weighted by Gasteiger charge is 2.12. The van der Waals surface area contributed by atoms with Crippen molar-refractivity contribution in [1.82, 2.24) is 9.88 Å². The van der Waals surface area contributed by atoms with E-state index in [2.05, 4.69) is 35.7 Å². The third-order valence-electron chi connectivity index (χ3n) is 5.10. The van der Waals surface area contributed by atoms with Crippen molar-refractivity contribution in [3.05, 3.63) is 71.3 Å². The molecular weight excluding hydrogens is 340 g/mol. The van der Waals surface area contributed by atoms with Gasteiger partial charge >= 0.3 is 0 Å². The molecule has 0 spiro atoms. The first-order valence-corrected chi connectivity index (χ1v) is 9.65. The number of piperidine rings is 1. The van der Waals surface area contributed by atoms with Crippen LogP contribution in [0.1, 0.15) is 30.4 Å². The summed E-state index contributed by atoms with van der Waals surface area (Å²) >= 11 is 6.53. The molecule has 2 aromatic carbocycles. The zero-order valence-electron chi connectivity index (χ0n) is 14.9. The van der Waals surface area contributed by atoms with Gasteiger partial charge in [-0.3, -0.25) is 4.90 Å². The lowest BCUT2D eigenvalue weighted by molar-refractivity contribution is 0.221. The van der Waals surface area contributed by atoms with E-state index in [1.807, 2.05) is 30.3 Å². The number of nitrogens with zero attached hydrogens (tertiary/aromatic N) is 2. The van der Waals surface area contributed by atoms with Crippen LogP contribution in [0, 0.1) is 0 Å². The molecule has 4 rings (SSSR count). The molecule has 0 radical (unpaired) electrons. The molecule has 2 heterocycles. The molecule has 0 amide bonds. The number of likely N-dealkylation sites (tertiary alicyclic amines) is 1. The summed E-state index contributed by atoms with van der Waals surface area (Å²) in [4.78, 5) is 7.40. The topological polar surface area (TPSA) is 16.1 Å². The van der Waals surface area contributed by atoms with Gasteiger partial charge in [-0.25, -0.2) is 4.98 Å². The number of hydrogen-bond donors (Lipinski definition) is 0. The largest absolute Gasteiger partial charge is 0.299 e. The highest BCUT2D eigenvalue weighted by molar-refractivity contribution is 6.35. The SMILES string of the molecule is C=Cc1ccc2c(Cl)cc(-c3cccc(CN4CCCCC4)c3)nc2c1. The smallest absolute Gasteiger partial charge is 0.0730 e. The lowest BCUT2D eigenvalue weighted by Crippen LogP contribution is -2.29. The van der Waals surface area contributed by atoms with Crippen molar-refractivity contribution in [1.29, 1.82) is 0 Å². The van der Waals surface area contributed by atoms with Crippen molar-refractivity contribution in [3.63, 3.8) is 0 Å². The van der Waals surface area contributed by atoms with Crippen LogP contribution in [0.2, 0.25) is 5.02 Å². The fraction of sp³-hybridized carbons (Fsp3) is 0.261. The molecule has 26 heavy (non-hydrogen) atoms. The quantitative estimate of drug-likeness (QED) is 0.550. The van der Waals surface area contributed by atoms with E-state index in [-0.39, 0.29) is 0 Å². The second-order valence-electron chi connectivity index (χ2n) is 7.01. The number of fused-ring (bicyclic) bond motifs is 1. The first kappa shape index (κ1) is 17.3. The average Bonchev–Trinajstić information content (AvgIpc) is 2.68. The molecule has 0 bridgehead atoms. The van der Waals surface area contributed by atoms with E-state index in [1.54, 1.807) is 0 Å². The minimum Gasteiger partial charge on any atom is -0.299 e. The predicted octanol–water partition coefficient (Wildman–Crippen LogP) is 6.18. The molecule has 1 aliphatic rings. The number of benzene rings is 2. The second-order valence-corrected chi connectivity index (χ2v) is 7.41. The number of hydrogen-bond acceptors (Lipinski definition) is 2. The van der Waals surface area contributed by atoms with Gasteiger partial charge in [-0.05, 0) is 55.3 Å². The van der Waals surface area contributed by atoms with Crippen molar-refractivity contribution in [3.8, 4) is 11.3 Å². The summed E-state index contributed by atoms with van der Waals surface area (Å²) < 4.78 is 0. The predicted molar refractivity (Wildman–Crippen MR) is 111 cm³/mol. The highest BCUT2D eigenvalue weighted by Crippen LogP contribution is 2.29. The summed E-state index contributed by atoms with van der Waals surface area (Å²) in [5.41, 5.74) is 5.34. The van der Waals surface area contributed by atoms with Crippen LogP contribution in [-0.4, -0.2) is 23.0 Å². The monoisotopic (exact) mass is 362 g/mol. The van der Waals surface area contributed by atoms with Gasteiger partial charge in [0.25, 0.3) is 0 Å². The van der Waals surface area contributed by atoms with Crippen LogP contribution in [0.4, 0.5) is 0 Å². The molecule has 3 heteroatoms. The molecule has 0 aliphatic carbocycles. The lowest BCUT2D eigenvalue weighted by atomic mass is 10.0. The van der Waals surface area contributed by atoms with Crippen LogP contribution in [0.25, 0.3) is 28.2 Å². The average molecular weight is 363 g/mol. The fourth-order valence-corrected chi connectivity index (χ4v) is 3.95. The maximum absolute atomic E-state index is 6.53. The molecule has 1 aliphatic heterocycles. The van der Waals surface area contributed by atoms with Crippen LogP contribution < -0.4 is 0 Å². The van der Waals surface area contributed by atoms with Crippen molar-refractivity contribution in [2.45, 2.75) is 25.8 Å². The van der Waals surface area contributed by atoms with E-state index >= 15 is 0 Å². The van der Waals surface area contributed by atoms with Gasteiger partial charge in [-0.2, -0.15) is 0 Å². The highest BCUT2D eigenvalue weighted by atomic mass is 35.5. The Kier molecular flexibility index (Phi) is 5.05. The number of aromatic nitrogens is 1. The van der Waals surface area contributed by atoms with Crippen molar-refractivity contribution < 1.29 is 0 Å². The third-order valence-corrected chi connectivity index (χ3v) is 5.41. The van der Waals surface area contributed by atoms with E-state index < -0.39 is 0 Å². The maximum atomic E-state index is 6.53. The standard InChI is InChI=1S/C23H23ClN2/c1-2-17-9-10-20-21(24)15-22(25-23(20)14-17)19-8-6-7-18(13-19)16-26-11-4-3-5-12-26/h2,6-10,13-15H,1,3-5,11-12,16H2. The molecule has 0 saturated carbocycles. The van der Waals surface area contributed by atoms with Crippen LogP contribution in [0.3, 0.4) is 0 Å². The minimum atomic E-state index is 0.738.